The maximum Gasteiger partial charge on any atom is 0.235 e. The van der Waals surface area contributed by atoms with Gasteiger partial charge in [0.2, 0.25) is 5.95 Å². The molecule has 3 aromatic heterocycles. The van der Waals surface area contributed by atoms with Gasteiger partial charge in [-0.2, -0.15) is 0 Å². The Kier molecular flexibility index (Phi) is 4.55. The van der Waals surface area contributed by atoms with Crippen LogP contribution in [0.15, 0.2) is 144 Å². The average Bonchev–Trinajstić information content (AvgIpc) is 3.63. The molecule has 3 heterocycles. The van der Waals surface area contributed by atoms with Gasteiger partial charge in [0, 0.05) is 27.1 Å². The molecule has 4 nitrogen and oxygen atoms in total. The normalized spacial score (nSPS) is 12.3. The van der Waals surface area contributed by atoms with Crippen molar-refractivity contribution in [3.05, 3.63) is 140 Å². The first-order valence-corrected chi connectivity index (χ1v) is 15.6. The van der Waals surface area contributed by atoms with Crippen molar-refractivity contribution >= 4 is 65.4 Å². The predicted molar refractivity (Wildman–Crippen MR) is 189 cm³/mol. The third-order valence-corrected chi connectivity index (χ3v) is 9.73. The van der Waals surface area contributed by atoms with E-state index in [1.54, 1.807) is 0 Å². The standard InChI is InChI=1S/C42H23N3O/c1-2-11-25(12-3-1)40-29-15-4-6-20-32(29)43-42(44-40)45-33-21-7-5-16-30(33)37-34(45)23-31-28-18-9-14-24-13-8-17-26(36(24)28)27-19-10-22-35-38(27)39(31)41(37)46-35/h1-23H. The molecular weight excluding hydrogens is 562 g/mol. The summed E-state index contributed by atoms with van der Waals surface area (Å²) in [7, 11) is 0. The van der Waals surface area contributed by atoms with Gasteiger partial charge in [-0.3, -0.25) is 4.57 Å². The number of rotatable bonds is 2. The Bertz CT molecular complexity index is 2910. The fourth-order valence-electron chi connectivity index (χ4n) is 7.85. The highest BCUT2D eigenvalue weighted by molar-refractivity contribution is 6.32. The Morgan fingerprint density at radius 3 is 2.02 bits per heavy atom. The highest BCUT2D eigenvalue weighted by Gasteiger charge is 2.28. The van der Waals surface area contributed by atoms with Crippen molar-refractivity contribution in [3.8, 4) is 39.5 Å². The average molecular weight is 586 g/mol. The molecule has 0 saturated heterocycles. The van der Waals surface area contributed by atoms with E-state index in [0.29, 0.717) is 5.95 Å². The summed E-state index contributed by atoms with van der Waals surface area (Å²) in [4.78, 5) is 10.5. The Labute approximate surface area is 262 Å². The van der Waals surface area contributed by atoms with Crippen LogP contribution in [0.1, 0.15) is 0 Å². The van der Waals surface area contributed by atoms with Gasteiger partial charge in [-0.15, -0.1) is 0 Å². The molecule has 212 valence electrons. The van der Waals surface area contributed by atoms with Crippen molar-refractivity contribution in [2.75, 3.05) is 0 Å². The molecule has 4 heteroatoms. The minimum absolute atomic E-state index is 0.638. The highest BCUT2D eigenvalue weighted by Crippen LogP contribution is 2.52. The van der Waals surface area contributed by atoms with Gasteiger partial charge >= 0.3 is 0 Å². The van der Waals surface area contributed by atoms with E-state index in [2.05, 4.69) is 132 Å². The lowest BCUT2D eigenvalue weighted by Gasteiger charge is -2.13. The smallest absolute Gasteiger partial charge is 0.235 e. The van der Waals surface area contributed by atoms with Crippen LogP contribution in [-0.2, 0) is 0 Å². The number of aromatic nitrogens is 3. The maximum atomic E-state index is 6.90. The zero-order valence-corrected chi connectivity index (χ0v) is 24.5. The van der Waals surface area contributed by atoms with Crippen LogP contribution >= 0.6 is 0 Å². The van der Waals surface area contributed by atoms with E-state index < -0.39 is 0 Å². The zero-order valence-electron chi connectivity index (χ0n) is 24.5. The lowest BCUT2D eigenvalue weighted by atomic mass is 9.93. The molecule has 0 bridgehead atoms. The first kappa shape index (κ1) is 24.1. The summed E-state index contributed by atoms with van der Waals surface area (Å²) in [5.41, 5.74) is 11.6. The molecule has 1 aliphatic carbocycles. The lowest BCUT2D eigenvalue weighted by Crippen LogP contribution is -2.03. The molecule has 0 saturated carbocycles. The van der Waals surface area contributed by atoms with E-state index in [4.69, 9.17) is 14.4 Å². The van der Waals surface area contributed by atoms with Gasteiger partial charge < -0.3 is 4.42 Å². The van der Waals surface area contributed by atoms with Gasteiger partial charge in [0.05, 0.1) is 27.6 Å². The van der Waals surface area contributed by atoms with E-state index in [1.165, 1.54) is 32.8 Å². The quantitative estimate of drug-likeness (QED) is 0.203. The summed E-state index contributed by atoms with van der Waals surface area (Å²) in [5, 5.41) is 8.05. The lowest BCUT2D eigenvalue weighted by molar-refractivity contribution is 0.673. The van der Waals surface area contributed by atoms with Gasteiger partial charge in [-0.05, 0) is 57.3 Å². The number of furan rings is 1. The van der Waals surface area contributed by atoms with Gasteiger partial charge in [0.15, 0.2) is 0 Å². The first-order valence-electron chi connectivity index (χ1n) is 15.6. The zero-order chi connectivity index (χ0) is 29.9. The van der Waals surface area contributed by atoms with Crippen molar-refractivity contribution < 1.29 is 4.42 Å². The second-order valence-electron chi connectivity index (χ2n) is 12.1. The topological polar surface area (TPSA) is 43.9 Å². The van der Waals surface area contributed by atoms with E-state index in [1.807, 2.05) is 12.1 Å². The van der Waals surface area contributed by atoms with E-state index in [9.17, 15) is 0 Å². The summed E-state index contributed by atoms with van der Waals surface area (Å²) in [6, 6.07) is 49.3. The highest BCUT2D eigenvalue weighted by atomic mass is 16.3. The molecule has 0 amide bonds. The van der Waals surface area contributed by atoms with Crippen molar-refractivity contribution in [3.63, 3.8) is 0 Å². The fraction of sp³-hybridized carbons (Fsp3) is 0. The van der Waals surface area contributed by atoms with Crippen LogP contribution < -0.4 is 0 Å². The van der Waals surface area contributed by atoms with Gasteiger partial charge in [-0.1, -0.05) is 115 Å². The van der Waals surface area contributed by atoms with Crippen LogP contribution in [0.2, 0.25) is 0 Å². The number of hydrogen-bond acceptors (Lipinski definition) is 3. The summed E-state index contributed by atoms with van der Waals surface area (Å²) >= 11 is 0. The minimum atomic E-state index is 0.638. The van der Waals surface area contributed by atoms with Crippen molar-refractivity contribution in [2.45, 2.75) is 0 Å². The third kappa shape index (κ3) is 3.03. The molecule has 1 aliphatic rings. The summed E-state index contributed by atoms with van der Waals surface area (Å²) < 4.78 is 9.13. The van der Waals surface area contributed by atoms with E-state index in [0.717, 1.165) is 66.1 Å². The Hall–Kier alpha value is -6.26. The van der Waals surface area contributed by atoms with Crippen molar-refractivity contribution in [1.29, 1.82) is 0 Å². The number of hydrogen-bond donors (Lipinski definition) is 0. The SMILES string of the molecule is c1ccc(-c2nc(-n3c4ccccc4c4c5oc6cccc7c6c5c(cc43)-c3cccc4cccc-7c34)nc3ccccc23)cc1. The number of fused-ring (bicyclic) bond motifs is 7. The molecule has 0 spiro atoms. The van der Waals surface area contributed by atoms with E-state index >= 15 is 0 Å². The van der Waals surface area contributed by atoms with Crippen LogP contribution in [0.4, 0.5) is 0 Å². The molecule has 0 fully saturated rings. The van der Waals surface area contributed by atoms with E-state index in [-0.39, 0.29) is 0 Å². The van der Waals surface area contributed by atoms with Gasteiger partial charge in [0.25, 0.3) is 0 Å². The van der Waals surface area contributed by atoms with Crippen LogP contribution in [0.5, 0.6) is 0 Å². The van der Waals surface area contributed by atoms with Gasteiger partial charge in [0.1, 0.15) is 11.2 Å². The Balaban J connectivity index is 1.36. The van der Waals surface area contributed by atoms with Crippen LogP contribution in [0.3, 0.4) is 0 Å². The molecule has 0 unspecified atom stereocenters. The molecule has 46 heavy (non-hydrogen) atoms. The Morgan fingerprint density at radius 2 is 1.17 bits per heavy atom. The largest absolute Gasteiger partial charge is 0.455 e. The van der Waals surface area contributed by atoms with Crippen LogP contribution in [0.25, 0.3) is 105 Å². The summed E-state index contributed by atoms with van der Waals surface area (Å²) in [6.07, 6.45) is 0. The molecular formula is C42H23N3O. The number of para-hydroxylation sites is 2. The fourth-order valence-corrected chi connectivity index (χ4v) is 7.85. The molecule has 11 rings (SSSR count). The molecule has 0 N–H and O–H groups in total. The minimum Gasteiger partial charge on any atom is -0.455 e. The predicted octanol–water partition coefficient (Wildman–Crippen LogP) is 11.1. The monoisotopic (exact) mass is 585 g/mol. The van der Waals surface area contributed by atoms with Crippen molar-refractivity contribution in [2.24, 2.45) is 0 Å². The third-order valence-electron chi connectivity index (χ3n) is 9.73. The summed E-state index contributed by atoms with van der Waals surface area (Å²) in [6.45, 7) is 0. The molecule has 0 radical (unpaired) electrons. The number of nitrogens with zero attached hydrogens (tertiary/aromatic N) is 3. The molecule has 0 aliphatic heterocycles. The Morgan fingerprint density at radius 1 is 0.478 bits per heavy atom. The first-order chi connectivity index (χ1) is 22.8. The second kappa shape index (κ2) is 8.68. The van der Waals surface area contributed by atoms with Gasteiger partial charge in [-0.25, -0.2) is 9.97 Å². The molecule has 10 aromatic rings. The molecule has 7 aromatic carbocycles. The number of benzene rings is 7. The van der Waals surface area contributed by atoms with Crippen molar-refractivity contribution in [1.82, 2.24) is 14.5 Å². The van der Waals surface area contributed by atoms with Crippen LogP contribution in [-0.4, -0.2) is 14.5 Å². The molecule has 0 atom stereocenters. The maximum absolute atomic E-state index is 6.90. The summed E-state index contributed by atoms with van der Waals surface area (Å²) in [5.74, 6) is 0.638. The second-order valence-corrected chi connectivity index (χ2v) is 12.1. The van der Waals surface area contributed by atoms with Crippen LogP contribution in [0, 0.1) is 0 Å².